The fourth-order valence-electron chi connectivity index (χ4n) is 2.72. The molecule has 0 saturated carbocycles. The van der Waals surface area contributed by atoms with Crippen LogP contribution < -0.4 is 10.1 Å². The number of pyridine rings is 1. The molecule has 0 aliphatic carbocycles. The van der Waals surface area contributed by atoms with Gasteiger partial charge in [0.2, 0.25) is 0 Å². The summed E-state index contributed by atoms with van der Waals surface area (Å²) in [5.74, 6) is 1.24. The Balaban J connectivity index is 1.80. The summed E-state index contributed by atoms with van der Waals surface area (Å²) in [5, 5.41) is 7.11. The minimum atomic E-state index is -0.243. The third-order valence-corrected chi connectivity index (χ3v) is 4.09. The van der Waals surface area contributed by atoms with Gasteiger partial charge in [-0.15, -0.1) is 0 Å². The molecule has 0 fully saturated rings. The summed E-state index contributed by atoms with van der Waals surface area (Å²) in [5.41, 5.74) is 2.35. The Morgan fingerprint density at radius 3 is 2.88 bits per heavy atom. The van der Waals surface area contributed by atoms with Crippen LogP contribution in [0, 0.1) is 0 Å². The fraction of sp³-hybridized carbons (Fsp3) is 0.263. The molecular formula is C19H21N5O2. The second-order valence-corrected chi connectivity index (χ2v) is 5.82. The zero-order valence-corrected chi connectivity index (χ0v) is 15.0. The van der Waals surface area contributed by atoms with Gasteiger partial charge in [0.15, 0.2) is 0 Å². The van der Waals surface area contributed by atoms with Crippen molar-refractivity contribution in [3.63, 3.8) is 0 Å². The van der Waals surface area contributed by atoms with E-state index < -0.39 is 0 Å². The monoisotopic (exact) mass is 351 g/mol. The van der Waals surface area contributed by atoms with Gasteiger partial charge in [-0.3, -0.25) is 9.78 Å². The number of carbonyl (C=O) groups is 1. The molecule has 0 unspecified atom stereocenters. The zero-order chi connectivity index (χ0) is 18.5. The number of ether oxygens (including phenoxy) is 1. The van der Waals surface area contributed by atoms with Crippen molar-refractivity contribution < 1.29 is 9.53 Å². The molecule has 1 amide bonds. The summed E-state index contributed by atoms with van der Waals surface area (Å²) in [7, 11) is 1.60. The third kappa shape index (κ3) is 3.72. The van der Waals surface area contributed by atoms with Gasteiger partial charge in [-0.1, -0.05) is 12.1 Å². The molecule has 1 atom stereocenters. The number of methoxy groups -OCH3 is 1. The fourth-order valence-corrected chi connectivity index (χ4v) is 2.72. The summed E-state index contributed by atoms with van der Waals surface area (Å²) in [6, 6.07) is 9.04. The molecule has 1 aromatic carbocycles. The lowest BCUT2D eigenvalue weighted by Gasteiger charge is -2.14. The van der Waals surface area contributed by atoms with Gasteiger partial charge in [0.25, 0.3) is 5.91 Å². The van der Waals surface area contributed by atoms with E-state index in [1.165, 1.54) is 6.33 Å². The van der Waals surface area contributed by atoms with E-state index in [2.05, 4.69) is 20.4 Å². The number of hydrogen-bond acceptors (Lipinski definition) is 5. The highest BCUT2D eigenvalue weighted by Gasteiger charge is 2.16. The molecule has 0 radical (unpaired) electrons. The van der Waals surface area contributed by atoms with Crippen molar-refractivity contribution in [1.29, 1.82) is 0 Å². The van der Waals surface area contributed by atoms with Crippen molar-refractivity contribution in [3.8, 4) is 16.9 Å². The number of aromatic nitrogens is 4. The number of aryl methyl sites for hydroxylation is 1. The maximum absolute atomic E-state index is 12.6. The summed E-state index contributed by atoms with van der Waals surface area (Å²) >= 11 is 0. The van der Waals surface area contributed by atoms with Crippen molar-refractivity contribution in [1.82, 2.24) is 25.1 Å². The molecule has 7 heteroatoms. The van der Waals surface area contributed by atoms with Crippen LogP contribution in [0.5, 0.6) is 5.75 Å². The first-order valence-electron chi connectivity index (χ1n) is 8.40. The molecule has 2 heterocycles. The summed E-state index contributed by atoms with van der Waals surface area (Å²) in [6.45, 7) is 4.58. The lowest BCUT2D eigenvalue weighted by atomic mass is 10.0. The van der Waals surface area contributed by atoms with Gasteiger partial charge < -0.3 is 10.1 Å². The molecule has 0 saturated heterocycles. The lowest BCUT2D eigenvalue weighted by molar-refractivity contribution is 0.0937. The first kappa shape index (κ1) is 17.6. The van der Waals surface area contributed by atoms with Crippen LogP contribution in [0.15, 0.2) is 49.1 Å². The molecule has 2 aromatic heterocycles. The summed E-state index contributed by atoms with van der Waals surface area (Å²) < 4.78 is 6.98. The zero-order valence-electron chi connectivity index (χ0n) is 15.0. The maximum atomic E-state index is 12.6. The lowest BCUT2D eigenvalue weighted by Crippen LogP contribution is -2.28. The number of amides is 1. The second-order valence-electron chi connectivity index (χ2n) is 5.82. The number of rotatable bonds is 6. The summed E-state index contributed by atoms with van der Waals surface area (Å²) in [4.78, 5) is 21.0. The van der Waals surface area contributed by atoms with Gasteiger partial charge >= 0.3 is 0 Å². The maximum Gasteiger partial charge on any atom is 0.251 e. The van der Waals surface area contributed by atoms with Crippen molar-refractivity contribution in [3.05, 3.63) is 60.4 Å². The number of hydrogen-bond donors (Lipinski definition) is 1. The van der Waals surface area contributed by atoms with Gasteiger partial charge in [0, 0.05) is 23.9 Å². The predicted octanol–water partition coefficient (Wildman–Crippen LogP) is 2.86. The molecule has 0 bridgehead atoms. The van der Waals surface area contributed by atoms with Gasteiger partial charge in [0.1, 0.15) is 17.9 Å². The molecular weight excluding hydrogens is 330 g/mol. The van der Waals surface area contributed by atoms with E-state index in [0.29, 0.717) is 17.9 Å². The highest BCUT2D eigenvalue weighted by atomic mass is 16.5. The van der Waals surface area contributed by atoms with Gasteiger partial charge in [-0.25, -0.2) is 9.67 Å². The van der Waals surface area contributed by atoms with E-state index in [4.69, 9.17) is 4.74 Å². The van der Waals surface area contributed by atoms with Crippen LogP contribution in [0.1, 0.15) is 36.1 Å². The van der Waals surface area contributed by atoms with Crippen molar-refractivity contribution in [2.45, 2.75) is 26.4 Å². The second kappa shape index (κ2) is 7.77. The van der Waals surface area contributed by atoms with E-state index in [-0.39, 0.29) is 11.9 Å². The van der Waals surface area contributed by atoms with Gasteiger partial charge in [-0.05, 0) is 37.6 Å². The van der Waals surface area contributed by atoms with E-state index in [9.17, 15) is 4.79 Å². The average Bonchev–Trinajstić information content (AvgIpc) is 3.17. The molecule has 3 aromatic rings. The van der Waals surface area contributed by atoms with Crippen molar-refractivity contribution >= 4 is 5.91 Å². The number of nitrogens with zero attached hydrogens (tertiary/aromatic N) is 4. The Morgan fingerprint density at radius 2 is 2.12 bits per heavy atom. The molecule has 0 aliphatic rings. The van der Waals surface area contributed by atoms with Crippen LogP contribution in [-0.4, -0.2) is 32.8 Å². The minimum Gasteiger partial charge on any atom is -0.495 e. The smallest absolute Gasteiger partial charge is 0.251 e. The molecule has 1 N–H and O–H groups in total. The van der Waals surface area contributed by atoms with Crippen LogP contribution in [0.2, 0.25) is 0 Å². The van der Waals surface area contributed by atoms with Gasteiger partial charge in [-0.2, -0.15) is 5.10 Å². The van der Waals surface area contributed by atoms with Crippen molar-refractivity contribution in [2.24, 2.45) is 0 Å². The van der Waals surface area contributed by atoms with E-state index in [1.807, 2.05) is 38.1 Å². The highest BCUT2D eigenvalue weighted by Crippen LogP contribution is 2.23. The third-order valence-electron chi connectivity index (χ3n) is 4.09. The van der Waals surface area contributed by atoms with E-state index >= 15 is 0 Å². The number of nitrogens with one attached hydrogen (secondary N) is 1. The van der Waals surface area contributed by atoms with Crippen molar-refractivity contribution in [2.75, 3.05) is 7.11 Å². The molecule has 134 valence electrons. The van der Waals surface area contributed by atoms with Crippen LogP contribution >= 0.6 is 0 Å². The SMILES string of the molecule is CCn1ncnc1[C@@H](C)NC(=O)c1cccc(-c2cncc(OC)c2)c1. The highest BCUT2D eigenvalue weighted by molar-refractivity contribution is 5.95. The topological polar surface area (TPSA) is 81.9 Å². The van der Waals surface area contributed by atoms with Crippen LogP contribution in [-0.2, 0) is 6.54 Å². The first-order chi connectivity index (χ1) is 12.6. The molecule has 0 aliphatic heterocycles. The van der Waals surface area contributed by atoms with E-state index in [0.717, 1.165) is 17.0 Å². The predicted molar refractivity (Wildman–Crippen MR) is 97.8 cm³/mol. The minimum absolute atomic E-state index is 0.166. The molecule has 7 nitrogen and oxygen atoms in total. The Hall–Kier alpha value is -3.22. The largest absolute Gasteiger partial charge is 0.495 e. The Bertz CT molecular complexity index is 906. The number of benzene rings is 1. The normalized spacial score (nSPS) is 11.8. The average molecular weight is 351 g/mol. The van der Waals surface area contributed by atoms with Crippen LogP contribution in [0.25, 0.3) is 11.1 Å². The Kier molecular flexibility index (Phi) is 5.26. The Morgan fingerprint density at radius 1 is 1.27 bits per heavy atom. The van der Waals surface area contributed by atoms with E-state index in [1.54, 1.807) is 30.3 Å². The van der Waals surface area contributed by atoms with Crippen LogP contribution in [0.3, 0.4) is 0 Å². The standard InChI is InChI=1S/C19H21N5O2/c1-4-24-18(21-12-22-24)13(2)23-19(25)15-7-5-6-14(8-15)16-9-17(26-3)11-20-10-16/h5-13H,4H2,1-3H3,(H,23,25)/t13-/m1/s1. The first-order valence-corrected chi connectivity index (χ1v) is 8.40. The van der Waals surface area contributed by atoms with Gasteiger partial charge in [0.05, 0.1) is 19.3 Å². The molecule has 3 rings (SSSR count). The quantitative estimate of drug-likeness (QED) is 0.738. The molecule has 0 spiro atoms. The van der Waals surface area contributed by atoms with Crippen LogP contribution in [0.4, 0.5) is 0 Å². The molecule has 26 heavy (non-hydrogen) atoms. The summed E-state index contributed by atoms with van der Waals surface area (Å²) in [6.07, 6.45) is 4.88. The Labute approximate surface area is 152 Å². The number of carbonyl (C=O) groups excluding carboxylic acids is 1.